The van der Waals surface area contributed by atoms with Gasteiger partial charge in [-0.05, 0) is 81.1 Å². The van der Waals surface area contributed by atoms with Crippen molar-refractivity contribution in [1.82, 2.24) is 19.3 Å². The first kappa shape index (κ1) is 40.8. The average molecular weight is 774 g/mol. The molecule has 1 aliphatic rings. The second-order valence-electron chi connectivity index (χ2n) is 15.4. The van der Waals surface area contributed by atoms with Gasteiger partial charge in [-0.1, -0.05) is 32.9 Å². The van der Waals surface area contributed by atoms with Gasteiger partial charge in [0.1, 0.15) is 28.4 Å². The Balaban J connectivity index is 1.36. The van der Waals surface area contributed by atoms with Crippen LogP contribution >= 0.6 is 0 Å². The van der Waals surface area contributed by atoms with Gasteiger partial charge in [-0.3, -0.25) is 24.4 Å². The molecular formula is C39H55N9O6Si. The number of nitrogens with two attached hydrogens (primary N) is 3. The highest BCUT2D eigenvalue weighted by Crippen LogP contribution is 2.37. The molecule has 1 saturated carbocycles. The van der Waals surface area contributed by atoms with E-state index in [2.05, 4.69) is 49.6 Å². The lowest BCUT2D eigenvalue weighted by Gasteiger charge is -2.36. The number of primary amides is 2. The van der Waals surface area contributed by atoms with E-state index in [0.29, 0.717) is 90.5 Å². The van der Waals surface area contributed by atoms with E-state index in [1.54, 1.807) is 28.9 Å². The maximum absolute atomic E-state index is 13.6. The summed E-state index contributed by atoms with van der Waals surface area (Å²) in [7, 11) is -1.90. The summed E-state index contributed by atoms with van der Waals surface area (Å²) in [5, 5.41) is 10.8. The number of nitrogens with zero attached hydrogens (tertiary/aromatic N) is 4. The second-order valence-corrected chi connectivity index (χ2v) is 20.2. The Morgan fingerprint density at radius 2 is 1.67 bits per heavy atom. The van der Waals surface area contributed by atoms with Crippen LogP contribution in [0.3, 0.4) is 0 Å². The zero-order valence-corrected chi connectivity index (χ0v) is 34.0. The minimum Gasteiger partial charge on any atom is -0.491 e. The summed E-state index contributed by atoms with van der Waals surface area (Å²) in [5.41, 5.74) is 21.2. The predicted molar refractivity (Wildman–Crippen MR) is 217 cm³/mol. The number of aromatic nitrogens is 4. The molecule has 0 bridgehead atoms. The molecule has 0 unspecified atom stereocenters. The van der Waals surface area contributed by atoms with Crippen LogP contribution in [-0.2, 0) is 17.5 Å². The van der Waals surface area contributed by atoms with E-state index in [-0.39, 0.29) is 34.6 Å². The fraction of sp³-hybridized carbons (Fsp3) is 0.462. The van der Waals surface area contributed by atoms with Gasteiger partial charge >= 0.3 is 0 Å². The topological polar surface area (TPSA) is 217 Å². The minimum absolute atomic E-state index is 0.0995. The lowest BCUT2D eigenvalue weighted by molar-refractivity contribution is 0.0991. The number of carbonyl (C=O) groups excluding carboxylic acids is 3. The molecule has 5 rings (SSSR count). The van der Waals surface area contributed by atoms with E-state index in [9.17, 15) is 14.4 Å². The van der Waals surface area contributed by atoms with Crippen LogP contribution in [0.5, 0.6) is 11.5 Å². The molecule has 15 nitrogen and oxygen atoms in total. The normalized spacial score (nSPS) is 13.4. The fourth-order valence-electron chi connectivity index (χ4n) is 5.67. The molecule has 8 N–H and O–H groups in total. The maximum atomic E-state index is 13.6. The standard InChI is InChI=1S/C39H55N9O6Si/c1-8-48-30(18-24(2)46-48)37(51)45-38-44-29-20-27(36(42)50)22-32(53-23-25-12-13-25)34(29)47(38)15-10-9-14-43-33-28(40)19-26(35(41)49)21-31(33)52-16-11-17-54-55(6,7)39(3,4)5/h9-10,18-22,25,43H,8,11-17,23,40H2,1-7H3,(H2,41,49)(H2,42,50)(H,44,45,51)/b10-9+. The van der Waals surface area contributed by atoms with Crippen LogP contribution < -0.4 is 37.3 Å². The summed E-state index contributed by atoms with van der Waals surface area (Å²) < 4.78 is 22.1. The highest BCUT2D eigenvalue weighted by molar-refractivity contribution is 6.74. The number of carbonyl (C=O) groups is 3. The van der Waals surface area contributed by atoms with E-state index in [4.69, 9.17) is 36.1 Å². The minimum atomic E-state index is -1.90. The zero-order valence-electron chi connectivity index (χ0n) is 33.0. The summed E-state index contributed by atoms with van der Waals surface area (Å²) in [4.78, 5) is 42.6. The lowest BCUT2D eigenvalue weighted by Crippen LogP contribution is -2.41. The van der Waals surface area contributed by atoms with Gasteiger partial charge in [-0.15, -0.1) is 0 Å². The summed E-state index contributed by atoms with van der Waals surface area (Å²) in [6, 6.07) is 8.04. The van der Waals surface area contributed by atoms with Crippen molar-refractivity contribution >= 4 is 54.4 Å². The number of hydrogen-bond acceptors (Lipinski definition) is 10. The summed E-state index contributed by atoms with van der Waals surface area (Å²) in [6.45, 7) is 17.3. The smallest absolute Gasteiger partial charge is 0.276 e. The van der Waals surface area contributed by atoms with E-state index in [1.807, 2.05) is 30.6 Å². The molecule has 2 aromatic heterocycles. The number of rotatable bonds is 19. The number of fused-ring (bicyclic) bond motifs is 1. The van der Waals surface area contributed by atoms with Crippen molar-refractivity contribution in [2.75, 3.05) is 42.7 Å². The SMILES string of the molecule is CCn1nc(C)cc1C(=O)Nc1nc2cc(C(N)=O)cc(OCC3CC3)c2n1C/C=C/CNc1c(N)cc(C(N)=O)cc1OCCCO[Si](C)(C)C(C)(C)C. The van der Waals surface area contributed by atoms with Gasteiger partial charge in [0.05, 0.1) is 30.1 Å². The van der Waals surface area contributed by atoms with E-state index in [1.165, 1.54) is 6.07 Å². The first-order valence-electron chi connectivity index (χ1n) is 18.7. The molecule has 0 saturated heterocycles. The predicted octanol–water partition coefficient (Wildman–Crippen LogP) is 5.84. The van der Waals surface area contributed by atoms with Gasteiger partial charge in [0, 0.05) is 43.8 Å². The first-order chi connectivity index (χ1) is 26.0. The fourth-order valence-corrected chi connectivity index (χ4v) is 6.76. The Kier molecular flexibility index (Phi) is 12.6. The van der Waals surface area contributed by atoms with Crippen molar-refractivity contribution in [2.45, 2.75) is 85.1 Å². The zero-order chi connectivity index (χ0) is 40.1. The van der Waals surface area contributed by atoms with Gasteiger partial charge in [-0.2, -0.15) is 5.10 Å². The number of imidazole rings is 1. The molecule has 2 heterocycles. The highest BCUT2D eigenvalue weighted by Gasteiger charge is 2.36. The van der Waals surface area contributed by atoms with Crippen molar-refractivity contribution in [3.63, 3.8) is 0 Å². The molecule has 1 fully saturated rings. The van der Waals surface area contributed by atoms with Crippen LogP contribution in [0.2, 0.25) is 18.1 Å². The highest BCUT2D eigenvalue weighted by atomic mass is 28.4. The van der Waals surface area contributed by atoms with Crippen LogP contribution in [0, 0.1) is 12.8 Å². The number of nitrogens with one attached hydrogen (secondary N) is 2. The average Bonchev–Trinajstić information content (AvgIpc) is 3.77. The summed E-state index contributed by atoms with van der Waals surface area (Å²) >= 11 is 0. The van der Waals surface area contributed by atoms with Crippen LogP contribution in [0.1, 0.15) is 83.9 Å². The van der Waals surface area contributed by atoms with E-state index in [0.717, 1.165) is 12.8 Å². The number of hydrogen-bond donors (Lipinski definition) is 5. The molecule has 0 spiro atoms. The molecular weight excluding hydrogens is 719 g/mol. The van der Waals surface area contributed by atoms with Crippen molar-refractivity contribution in [1.29, 1.82) is 0 Å². The van der Waals surface area contributed by atoms with Crippen molar-refractivity contribution < 1.29 is 28.3 Å². The molecule has 296 valence electrons. The van der Waals surface area contributed by atoms with Crippen LogP contribution in [0.25, 0.3) is 11.0 Å². The van der Waals surface area contributed by atoms with Crippen LogP contribution in [0.15, 0.2) is 42.5 Å². The Labute approximate surface area is 323 Å². The third kappa shape index (κ3) is 10.0. The van der Waals surface area contributed by atoms with Crippen molar-refractivity contribution in [3.05, 3.63) is 65.0 Å². The third-order valence-corrected chi connectivity index (χ3v) is 14.5. The Hall–Kier alpha value is -5.35. The van der Waals surface area contributed by atoms with Crippen LogP contribution in [0.4, 0.5) is 17.3 Å². The van der Waals surface area contributed by atoms with Crippen molar-refractivity contribution in [3.8, 4) is 11.5 Å². The molecule has 0 aliphatic heterocycles. The number of benzene rings is 2. The lowest BCUT2D eigenvalue weighted by atomic mass is 10.1. The van der Waals surface area contributed by atoms with Gasteiger partial charge < -0.3 is 41.0 Å². The summed E-state index contributed by atoms with van der Waals surface area (Å²) in [6.07, 6.45) is 6.61. The largest absolute Gasteiger partial charge is 0.491 e. The summed E-state index contributed by atoms with van der Waals surface area (Å²) in [5.74, 6) is -0.0450. The Bertz CT molecular complexity index is 2080. The number of allylic oxidation sites excluding steroid dienone is 1. The quantitative estimate of drug-likeness (QED) is 0.0332. The second kappa shape index (κ2) is 17.0. The molecule has 0 atom stereocenters. The first-order valence-corrected chi connectivity index (χ1v) is 21.6. The van der Waals surface area contributed by atoms with Gasteiger partial charge in [-0.25, -0.2) is 4.98 Å². The number of aryl methyl sites for hydroxylation is 2. The number of anilines is 3. The molecule has 4 aromatic rings. The molecule has 2 aromatic carbocycles. The van der Waals surface area contributed by atoms with Gasteiger partial charge in [0.15, 0.2) is 8.32 Å². The molecule has 1 aliphatic carbocycles. The van der Waals surface area contributed by atoms with E-state index >= 15 is 0 Å². The number of ether oxygens (including phenoxy) is 2. The van der Waals surface area contributed by atoms with Crippen LogP contribution in [-0.4, -0.2) is 71.7 Å². The van der Waals surface area contributed by atoms with E-state index < -0.39 is 20.1 Å². The van der Waals surface area contributed by atoms with Gasteiger partial charge in [0.2, 0.25) is 17.8 Å². The molecule has 55 heavy (non-hydrogen) atoms. The Morgan fingerprint density at radius 1 is 0.982 bits per heavy atom. The van der Waals surface area contributed by atoms with Gasteiger partial charge in [0.25, 0.3) is 5.91 Å². The molecule has 0 radical (unpaired) electrons. The maximum Gasteiger partial charge on any atom is 0.276 e. The number of nitrogen functional groups attached to an aromatic ring is 1. The monoisotopic (exact) mass is 773 g/mol. The Morgan fingerprint density at radius 3 is 2.33 bits per heavy atom. The third-order valence-electron chi connectivity index (χ3n) is 10.0. The molecule has 16 heteroatoms. The number of amides is 3. The molecule has 3 amide bonds. The van der Waals surface area contributed by atoms with Crippen molar-refractivity contribution in [2.24, 2.45) is 17.4 Å².